The maximum Gasteiger partial charge on any atom is 0.253 e. The second-order valence-electron chi connectivity index (χ2n) is 7.22. The molecular weight excluding hydrogens is 420 g/mol. The van der Waals surface area contributed by atoms with E-state index in [0.29, 0.717) is 23.0 Å². The monoisotopic (exact) mass is 440 g/mol. The first-order valence-electron chi connectivity index (χ1n) is 9.34. The molecule has 144 valence electrons. The van der Waals surface area contributed by atoms with Gasteiger partial charge in [-0.1, -0.05) is 46.1 Å². The summed E-state index contributed by atoms with van der Waals surface area (Å²) in [5.74, 6) is 0.911. The lowest BCUT2D eigenvalue weighted by Crippen LogP contribution is -2.45. The van der Waals surface area contributed by atoms with Crippen molar-refractivity contribution in [1.82, 2.24) is 20.4 Å². The van der Waals surface area contributed by atoms with E-state index < -0.39 is 5.54 Å². The molecule has 1 fully saturated rings. The third-order valence-corrected chi connectivity index (χ3v) is 5.71. The van der Waals surface area contributed by atoms with Gasteiger partial charge in [-0.25, -0.2) is 0 Å². The molecule has 0 saturated heterocycles. The van der Waals surface area contributed by atoms with Crippen molar-refractivity contribution in [3.63, 3.8) is 0 Å². The number of pyridine rings is 1. The second kappa shape index (κ2) is 7.47. The number of nitrogens with one attached hydrogen (secondary N) is 1. The first kappa shape index (κ1) is 18.8. The molecular formula is C21H21BrN4O2. The molecule has 4 rings (SSSR count). The summed E-state index contributed by atoms with van der Waals surface area (Å²) in [5, 5.41) is 7.26. The van der Waals surface area contributed by atoms with E-state index in [-0.39, 0.29) is 5.91 Å². The number of halogens is 1. The Hall–Kier alpha value is -2.54. The van der Waals surface area contributed by atoms with Crippen LogP contribution < -0.4 is 5.32 Å². The molecule has 28 heavy (non-hydrogen) atoms. The quantitative estimate of drug-likeness (QED) is 0.634. The van der Waals surface area contributed by atoms with Gasteiger partial charge in [-0.05, 0) is 44.0 Å². The summed E-state index contributed by atoms with van der Waals surface area (Å²) in [5.41, 5.74) is 2.51. The average molecular weight is 441 g/mol. The Morgan fingerprint density at radius 1 is 1.14 bits per heavy atom. The lowest BCUT2D eigenvalue weighted by molar-refractivity contribution is 0.0891. The Labute approximate surface area is 171 Å². The van der Waals surface area contributed by atoms with Crippen LogP contribution in [0.25, 0.3) is 11.3 Å². The predicted octanol–water partition coefficient (Wildman–Crippen LogP) is 4.71. The Morgan fingerprint density at radius 2 is 1.93 bits per heavy atom. The number of nitrogens with zero attached hydrogens (tertiary/aromatic N) is 3. The number of aromatic nitrogens is 3. The summed E-state index contributed by atoms with van der Waals surface area (Å²) in [6, 6.07) is 11.7. The minimum absolute atomic E-state index is 0.157. The first-order valence-corrected chi connectivity index (χ1v) is 10.1. The Bertz CT molecular complexity index is 1020. The average Bonchev–Trinajstić information content (AvgIpc) is 3.31. The number of aryl methyl sites for hydroxylation is 2. The topological polar surface area (TPSA) is 80.9 Å². The predicted molar refractivity (Wildman–Crippen MR) is 109 cm³/mol. The number of rotatable bonds is 4. The molecule has 0 unspecified atom stereocenters. The van der Waals surface area contributed by atoms with Gasteiger partial charge < -0.3 is 9.84 Å². The fourth-order valence-electron chi connectivity index (χ4n) is 3.77. The van der Waals surface area contributed by atoms with Gasteiger partial charge in [-0.3, -0.25) is 9.78 Å². The molecule has 0 aliphatic heterocycles. The molecule has 1 N–H and O–H groups in total. The number of amides is 1. The van der Waals surface area contributed by atoms with Gasteiger partial charge in [0.05, 0.1) is 17.0 Å². The number of benzene rings is 1. The fourth-order valence-corrected chi connectivity index (χ4v) is 4.17. The fraction of sp³-hybridized carbons (Fsp3) is 0.333. The minimum Gasteiger partial charge on any atom is -0.340 e. The van der Waals surface area contributed by atoms with E-state index in [9.17, 15) is 4.79 Å². The standard InChI is InChI=1S/C21H21BrN4O2/c1-13-17(8-9-18(23-13)15-6-5-7-16(22)12-15)19(27)25-21(10-3-4-11-21)20-24-14(2)28-26-20/h5-9,12H,3-4,10-11H2,1-2H3,(H,25,27). The van der Waals surface area contributed by atoms with Gasteiger partial charge in [0, 0.05) is 17.0 Å². The summed E-state index contributed by atoms with van der Waals surface area (Å²) in [6.45, 7) is 3.62. The zero-order valence-electron chi connectivity index (χ0n) is 15.8. The molecule has 1 aliphatic carbocycles. The Kier molecular flexibility index (Phi) is 5.02. The van der Waals surface area contributed by atoms with Gasteiger partial charge >= 0.3 is 0 Å². The Morgan fingerprint density at radius 3 is 2.57 bits per heavy atom. The highest BCUT2D eigenvalue weighted by Gasteiger charge is 2.41. The molecule has 2 heterocycles. The van der Waals surface area contributed by atoms with Gasteiger partial charge in [0.25, 0.3) is 5.91 Å². The third-order valence-electron chi connectivity index (χ3n) is 5.22. The number of carbonyl (C=O) groups excluding carboxylic acids is 1. The van der Waals surface area contributed by atoms with Crippen molar-refractivity contribution in [2.24, 2.45) is 0 Å². The van der Waals surface area contributed by atoms with Crippen LogP contribution in [0.5, 0.6) is 0 Å². The largest absolute Gasteiger partial charge is 0.340 e. The van der Waals surface area contributed by atoms with E-state index in [2.05, 4.69) is 36.4 Å². The van der Waals surface area contributed by atoms with Crippen LogP contribution in [0.4, 0.5) is 0 Å². The molecule has 2 aromatic heterocycles. The van der Waals surface area contributed by atoms with E-state index >= 15 is 0 Å². The second-order valence-corrected chi connectivity index (χ2v) is 8.14. The van der Waals surface area contributed by atoms with E-state index in [0.717, 1.165) is 41.4 Å². The van der Waals surface area contributed by atoms with Crippen molar-refractivity contribution in [2.75, 3.05) is 0 Å². The zero-order chi connectivity index (χ0) is 19.7. The van der Waals surface area contributed by atoms with Crippen LogP contribution in [0.2, 0.25) is 0 Å². The maximum absolute atomic E-state index is 13.1. The molecule has 0 atom stereocenters. The molecule has 1 amide bonds. The van der Waals surface area contributed by atoms with Crippen molar-refractivity contribution >= 4 is 21.8 Å². The van der Waals surface area contributed by atoms with Crippen LogP contribution in [0.1, 0.15) is 53.5 Å². The molecule has 6 nitrogen and oxygen atoms in total. The van der Waals surface area contributed by atoms with Crippen LogP contribution in [0.15, 0.2) is 45.4 Å². The van der Waals surface area contributed by atoms with Crippen LogP contribution >= 0.6 is 15.9 Å². The van der Waals surface area contributed by atoms with Crippen LogP contribution in [-0.2, 0) is 5.54 Å². The van der Waals surface area contributed by atoms with Crippen molar-refractivity contribution in [3.05, 3.63) is 63.8 Å². The summed E-state index contributed by atoms with van der Waals surface area (Å²) in [6.07, 6.45) is 3.65. The molecule has 1 aliphatic rings. The highest BCUT2D eigenvalue weighted by molar-refractivity contribution is 9.10. The van der Waals surface area contributed by atoms with Gasteiger partial charge in [0.15, 0.2) is 5.82 Å². The van der Waals surface area contributed by atoms with E-state index in [1.165, 1.54) is 0 Å². The van der Waals surface area contributed by atoms with Crippen LogP contribution in [0.3, 0.4) is 0 Å². The molecule has 7 heteroatoms. The van der Waals surface area contributed by atoms with E-state index in [1.54, 1.807) is 6.92 Å². The van der Waals surface area contributed by atoms with E-state index in [4.69, 9.17) is 4.52 Å². The summed E-state index contributed by atoms with van der Waals surface area (Å²) in [7, 11) is 0. The van der Waals surface area contributed by atoms with Gasteiger partial charge in [0.1, 0.15) is 5.54 Å². The first-order chi connectivity index (χ1) is 13.5. The molecule has 0 spiro atoms. The molecule has 1 saturated carbocycles. The smallest absolute Gasteiger partial charge is 0.253 e. The van der Waals surface area contributed by atoms with Gasteiger partial charge in [-0.2, -0.15) is 4.98 Å². The number of hydrogen-bond acceptors (Lipinski definition) is 5. The normalized spacial score (nSPS) is 15.5. The van der Waals surface area contributed by atoms with Crippen molar-refractivity contribution < 1.29 is 9.32 Å². The molecule has 0 bridgehead atoms. The number of hydrogen-bond donors (Lipinski definition) is 1. The van der Waals surface area contributed by atoms with Crippen LogP contribution in [-0.4, -0.2) is 21.0 Å². The minimum atomic E-state index is -0.565. The molecule has 1 aromatic carbocycles. The molecule has 0 radical (unpaired) electrons. The van der Waals surface area contributed by atoms with Gasteiger partial charge in [0.2, 0.25) is 5.89 Å². The van der Waals surface area contributed by atoms with Crippen molar-refractivity contribution in [3.8, 4) is 11.3 Å². The van der Waals surface area contributed by atoms with E-state index in [1.807, 2.05) is 43.3 Å². The summed E-state index contributed by atoms with van der Waals surface area (Å²) in [4.78, 5) is 22.1. The van der Waals surface area contributed by atoms with Crippen molar-refractivity contribution in [1.29, 1.82) is 0 Å². The lowest BCUT2D eigenvalue weighted by Gasteiger charge is -2.27. The summed E-state index contributed by atoms with van der Waals surface area (Å²) < 4.78 is 6.15. The van der Waals surface area contributed by atoms with Crippen molar-refractivity contribution in [2.45, 2.75) is 45.1 Å². The lowest BCUT2D eigenvalue weighted by atomic mass is 9.95. The summed E-state index contributed by atoms with van der Waals surface area (Å²) >= 11 is 3.48. The molecule has 3 aromatic rings. The Balaban J connectivity index is 1.61. The SMILES string of the molecule is Cc1nc(C2(NC(=O)c3ccc(-c4cccc(Br)c4)nc3C)CCCC2)no1. The van der Waals surface area contributed by atoms with Crippen LogP contribution in [0, 0.1) is 13.8 Å². The highest BCUT2D eigenvalue weighted by Crippen LogP contribution is 2.37. The maximum atomic E-state index is 13.1. The highest BCUT2D eigenvalue weighted by atomic mass is 79.9. The third kappa shape index (κ3) is 3.58. The van der Waals surface area contributed by atoms with Gasteiger partial charge in [-0.15, -0.1) is 0 Å². The zero-order valence-corrected chi connectivity index (χ0v) is 17.4. The number of carbonyl (C=O) groups is 1.